The number of carbonyl (C=O) groups is 2. The molecule has 6 nitrogen and oxygen atoms in total. The largest absolute Gasteiger partial charge is 0.371 e. The van der Waals surface area contributed by atoms with Crippen molar-refractivity contribution in [2.45, 2.75) is 12.8 Å². The predicted molar refractivity (Wildman–Crippen MR) is 126 cm³/mol. The van der Waals surface area contributed by atoms with E-state index in [2.05, 4.69) is 20.5 Å². The van der Waals surface area contributed by atoms with Crippen molar-refractivity contribution in [2.75, 3.05) is 28.6 Å². The highest BCUT2D eigenvalue weighted by molar-refractivity contribution is 6.10. The lowest BCUT2D eigenvalue weighted by molar-refractivity contribution is -0.120. The number of halogens is 2. The highest BCUT2D eigenvalue weighted by atomic mass is 35.5. The Kier molecular flexibility index (Phi) is 7.78. The lowest BCUT2D eigenvalue weighted by Gasteiger charge is -2.33. The van der Waals surface area contributed by atoms with E-state index in [4.69, 9.17) is 0 Å². The fourth-order valence-electron chi connectivity index (χ4n) is 3.73. The summed E-state index contributed by atoms with van der Waals surface area (Å²) in [6, 6.07) is 16.6. The first-order valence-corrected chi connectivity index (χ1v) is 10.2. The van der Waals surface area contributed by atoms with Gasteiger partial charge in [0, 0.05) is 37.1 Å². The van der Waals surface area contributed by atoms with Crippen molar-refractivity contribution >= 4 is 41.3 Å². The summed E-state index contributed by atoms with van der Waals surface area (Å²) >= 11 is 0. The number of piperidine rings is 1. The van der Waals surface area contributed by atoms with Crippen molar-refractivity contribution in [3.05, 3.63) is 84.4 Å². The lowest BCUT2D eigenvalue weighted by Crippen LogP contribution is -2.38. The van der Waals surface area contributed by atoms with E-state index < -0.39 is 11.7 Å². The molecule has 3 aromatic rings. The van der Waals surface area contributed by atoms with Gasteiger partial charge in [0.2, 0.25) is 5.91 Å². The van der Waals surface area contributed by atoms with Crippen LogP contribution >= 0.6 is 12.4 Å². The number of pyridine rings is 1. The SMILES string of the molecule is Cl.O=C(Nc1ccccc1F)c1ccccc1NC(=O)C1CCN(c2ccncc2)CC1. The number of para-hydroxylation sites is 2. The molecule has 0 saturated carbocycles. The molecule has 1 aliphatic heterocycles. The summed E-state index contributed by atoms with van der Waals surface area (Å²) < 4.78 is 13.9. The minimum Gasteiger partial charge on any atom is -0.371 e. The molecule has 0 bridgehead atoms. The van der Waals surface area contributed by atoms with Crippen molar-refractivity contribution in [2.24, 2.45) is 5.92 Å². The first-order chi connectivity index (χ1) is 15.1. The van der Waals surface area contributed by atoms with Crippen molar-refractivity contribution in [1.82, 2.24) is 4.98 Å². The summed E-state index contributed by atoms with van der Waals surface area (Å²) in [4.78, 5) is 31.8. The number of hydrogen-bond acceptors (Lipinski definition) is 4. The number of hydrogen-bond donors (Lipinski definition) is 2. The monoisotopic (exact) mass is 454 g/mol. The van der Waals surface area contributed by atoms with Crippen molar-refractivity contribution in [1.29, 1.82) is 0 Å². The van der Waals surface area contributed by atoms with E-state index in [1.807, 2.05) is 12.1 Å². The molecule has 8 heteroatoms. The van der Waals surface area contributed by atoms with E-state index in [0.29, 0.717) is 5.69 Å². The smallest absolute Gasteiger partial charge is 0.257 e. The van der Waals surface area contributed by atoms with Gasteiger partial charge in [-0.1, -0.05) is 24.3 Å². The van der Waals surface area contributed by atoms with Crippen molar-refractivity contribution in [3.63, 3.8) is 0 Å². The Morgan fingerprint density at radius 3 is 2.19 bits per heavy atom. The van der Waals surface area contributed by atoms with Crippen LogP contribution in [0.5, 0.6) is 0 Å². The van der Waals surface area contributed by atoms with E-state index in [-0.39, 0.29) is 35.5 Å². The van der Waals surface area contributed by atoms with E-state index in [1.54, 1.807) is 48.8 Å². The van der Waals surface area contributed by atoms with E-state index in [0.717, 1.165) is 31.6 Å². The van der Waals surface area contributed by atoms with E-state index >= 15 is 0 Å². The normalized spacial score (nSPS) is 13.7. The number of anilines is 3. The van der Waals surface area contributed by atoms with Gasteiger partial charge in [0.25, 0.3) is 5.91 Å². The number of rotatable bonds is 5. The van der Waals surface area contributed by atoms with Crippen LogP contribution in [0.4, 0.5) is 21.5 Å². The molecule has 166 valence electrons. The molecule has 0 radical (unpaired) electrons. The zero-order chi connectivity index (χ0) is 21.6. The predicted octanol–water partition coefficient (Wildman–Crippen LogP) is 4.75. The number of carbonyl (C=O) groups excluding carboxylic acids is 2. The highest BCUT2D eigenvalue weighted by Crippen LogP contribution is 2.25. The summed E-state index contributed by atoms with van der Waals surface area (Å²) in [5, 5.41) is 5.46. The Hall–Kier alpha value is -3.45. The van der Waals surface area contributed by atoms with Gasteiger partial charge in [-0.3, -0.25) is 14.6 Å². The maximum Gasteiger partial charge on any atom is 0.257 e. The molecular formula is C24H24ClFN4O2. The zero-order valence-electron chi connectivity index (χ0n) is 17.3. The van der Waals surface area contributed by atoms with Gasteiger partial charge in [-0.25, -0.2) is 4.39 Å². The molecule has 1 fully saturated rings. The van der Waals surface area contributed by atoms with Crippen LogP contribution in [-0.2, 0) is 4.79 Å². The molecule has 0 aliphatic carbocycles. The molecule has 1 aromatic heterocycles. The molecule has 32 heavy (non-hydrogen) atoms. The number of nitrogens with zero attached hydrogens (tertiary/aromatic N) is 2. The molecule has 0 atom stereocenters. The van der Waals surface area contributed by atoms with Crippen molar-refractivity contribution in [3.8, 4) is 0 Å². The van der Waals surface area contributed by atoms with Gasteiger partial charge < -0.3 is 15.5 Å². The quantitative estimate of drug-likeness (QED) is 0.583. The minimum absolute atomic E-state index is 0. The molecule has 1 saturated heterocycles. The second kappa shape index (κ2) is 10.7. The van der Waals surface area contributed by atoms with Crippen LogP contribution in [0.25, 0.3) is 0 Å². The number of amides is 2. The van der Waals surface area contributed by atoms with Gasteiger partial charge in [0.15, 0.2) is 0 Å². The Bertz CT molecular complexity index is 1070. The fourth-order valence-corrected chi connectivity index (χ4v) is 3.73. The highest BCUT2D eigenvalue weighted by Gasteiger charge is 2.26. The maximum absolute atomic E-state index is 13.9. The average molecular weight is 455 g/mol. The van der Waals surface area contributed by atoms with E-state index in [9.17, 15) is 14.0 Å². The Labute approximate surface area is 192 Å². The summed E-state index contributed by atoms with van der Waals surface area (Å²) in [5.41, 5.74) is 1.90. The van der Waals surface area contributed by atoms with Gasteiger partial charge in [-0.15, -0.1) is 12.4 Å². The summed E-state index contributed by atoms with van der Waals surface area (Å²) in [7, 11) is 0. The second-order valence-corrected chi connectivity index (χ2v) is 7.44. The summed E-state index contributed by atoms with van der Waals surface area (Å²) in [6.45, 7) is 1.55. The van der Waals surface area contributed by atoms with Crippen LogP contribution in [0.15, 0.2) is 73.1 Å². The molecule has 1 aliphatic rings. The third kappa shape index (κ3) is 5.42. The number of nitrogens with one attached hydrogen (secondary N) is 2. The molecule has 2 amide bonds. The molecule has 4 rings (SSSR count). The van der Waals surface area contributed by atoms with Crippen molar-refractivity contribution < 1.29 is 14.0 Å². The third-order valence-electron chi connectivity index (χ3n) is 5.45. The van der Waals surface area contributed by atoms with Crippen LogP contribution in [0.3, 0.4) is 0 Å². The molecule has 2 aromatic carbocycles. The van der Waals surface area contributed by atoms with Crippen LogP contribution in [0.1, 0.15) is 23.2 Å². The van der Waals surface area contributed by atoms with Gasteiger partial charge in [0.05, 0.1) is 16.9 Å². The first kappa shape index (κ1) is 23.2. The summed E-state index contributed by atoms with van der Waals surface area (Å²) in [5.74, 6) is -1.24. The average Bonchev–Trinajstić information content (AvgIpc) is 2.81. The fraction of sp³-hybridized carbons (Fsp3) is 0.208. The molecule has 0 unspecified atom stereocenters. The molecular weight excluding hydrogens is 431 g/mol. The molecule has 0 spiro atoms. The van der Waals surface area contributed by atoms with E-state index in [1.165, 1.54) is 12.1 Å². The van der Waals surface area contributed by atoms with Gasteiger partial charge in [-0.05, 0) is 49.2 Å². The van der Waals surface area contributed by atoms with Crippen LogP contribution < -0.4 is 15.5 Å². The van der Waals surface area contributed by atoms with Crippen LogP contribution in [0, 0.1) is 11.7 Å². The Morgan fingerprint density at radius 2 is 1.50 bits per heavy atom. The minimum atomic E-state index is -0.515. The van der Waals surface area contributed by atoms with Crippen LogP contribution in [0.2, 0.25) is 0 Å². The maximum atomic E-state index is 13.9. The lowest BCUT2D eigenvalue weighted by atomic mass is 9.95. The van der Waals surface area contributed by atoms with Crippen LogP contribution in [-0.4, -0.2) is 29.9 Å². The third-order valence-corrected chi connectivity index (χ3v) is 5.45. The standard InChI is InChI=1S/C24H23FN4O2.ClH/c25-20-6-2-4-8-22(20)28-24(31)19-5-1-3-7-21(19)27-23(30)17-11-15-29(16-12-17)18-9-13-26-14-10-18;/h1-10,13-14,17H,11-12,15-16H2,(H,27,30)(H,28,31);1H. The van der Waals surface area contributed by atoms with Gasteiger partial charge in [0.1, 0.15) is 5.82 Å². The molecule has 2 heterocycles. The van der Waals surface area contributed by atoms with Gasteiger partial charge >= 0.3 is 0 Å². The summed E-state index contributed by atoms with van der Waals surface area (Å²) in [6.07, 6.45) is 4.96. The first-order valence-electron chi connectivity index (χ1n) is 10.2. The number of benzene rings is 2. The zero-order valence-corrected chi connectivity index (χ0v) is 18.1. The second-order valence-electron chi connectivity index (χ2n) is 7.44. The number of aromatic nitrogens is 1. The Morgan fingerprint density at radius 1 is 0.875 bits per heavy atom. The topological polar surface area (TPSA) is 74.3 Å². The Balaban J connectivity index is 0.00000289. The molecule has 2 N–H and O–H groups in total. The van der Waals surface area contributed by atoms with Gasteiger partial charge in [-0.2, -0.15) is 0 Å².